The molecule has 1 aromatic carbocycles. The summed E-state index contributed by atoms with van der Waals surface area (Å²) >= 11 is 0. The Morgan fingerprint density at radius 2 is 1.72 bits per heavy atom. The van der Waals surface area contributed by atoms with E-state index in [-0.39, 0.29) is 0 Å². The van der Waals surface area contributed by atoms with Crippen LogP contribution in [0.5, 0.6) is 5.75 Å². The molecule has 0 radical (unpaired) electrons. The molecule has 0 bridgehead atoms. The van der Waals surface area contributed by atoms with Crippen molar-refractivity contribution in [3.05, 3.63) is 41.7 Å². The highest BCUT2D eigenvalue weighted by atomic mass is 19.1. The maximum absolute atomic E-state index is 12.6. The van der Waals surface area contributed by atoms with Crippen molar-refractivity contribution in [2.24, 2.45) is 0 Å². The third-order valence-electron chi connectivity index (χ3n) is 2.73. The lowest BCUT2D eigenvalue weighted by Gasteiger charge is -2.17. The Hall–Kier alpha value is -1.64. The molecule has 0 unspecified atom stereocenters. The summed E-state index contributed by atoms with van der Waals surface area (Å²) in [6.07, 6.45) is 0. The third-order valence-corrected chi connectivity index (χ3v) is 2.73. The van der Waals surface area contributed by atoms with Crippen LogP contribution in [-0.4, -0.2) is 5.97 Å². The number of ether oxygens (including phenoxy) is 1. The molecule has 0 heterocycles. The summed E-state index contributed by atoms with van der Waals surface area (Å²) in [6.45, 7) is 11.3. The van der Waals surface area contributed by atoms with E-state index in [2.05, 4.69) is 34.3 Å². The molecule has 1 rings (SSSR count). The first-order valence-electron chi connectivity index (χ1n) is 6.03. The molecule has 18 heavy (non-hydrogen) atoms. The monoisotopic (exact) mass is 250 g/mol. The van der Waals surface area contributed by atoms with Crippen LogP contribution in [0.1, 0.15) is 50.7 Å². The van der Waals surface area contributed by atoms with Gasteiger partial charge in [-0.05, 0) is 35.1 Å². The van der Waals surface area contributed by atoms with E-state index in [0.29, 0.717) is 17.6 Å². The van der Waals surface area contributed by atoms with E-state index in [1.165, 1.54) is 5.56 Å². The van der Waals surface area contributed by atoms with Crippen molar-refractivity contribution in [2.75, 3.05) is 0 Å². The molecule has 1 aromatic rings. The lowest BCUT2D eigenvalue weighted by Crippen LogP contribution is -2.08. The Bertz CT molecular complexity index is 462. The zero-order valence-electron chi connectivity index (χ0n) is 11.3. The lowest BCUT2D eigenvalue weighted by atomic mass is 9.90. The van der Waals surface area contributed by atoms with Gasteiger partial charge in [0.05, 0.1) is 0 Å². The van der Waals surface area contributed by atoms with Crippen LogP contribution in [0.2, 0.25) is 0 Å². The summed E-state index contributed by atoms with van der Waals surface area (Å²) in [5.74, 6) is -1.07. The van der Waals surface area contributed by atoms with Gasteiger partial charge in [0, 0.05) is 0 Å². The predicted molar refractivity (Wildman–Crippen MR) is 70.5 cm³/mol. The van der Waals surface area contributed by atoms with Crippen molar-refractivity contribution in [1.82, 2.24) is 0 Å². The molecular formula is C15H19FO2. The molecule has 3 heteroatoms. The van der Waals surface area contributed by atoms with Crippen molar-refractivity contribution in [3.63, 3.8) is 0 Å². The third kappa shape index (κ3) is 3.42. The minimum absolute atomic E-state index is 0.314. The highest BCUT2D eigenvalue weighted by molar-refractivity contribution is 5.87. The van der Waals surface area contributed by atoms with Crippen molar-refractivity contribution in [2.45, 2.75) is 39.5 Å². The van der Waals surface area contributed by atoms with Gasteiger partial charge in [0.2, 0.25) is 5.83 Å². The van der Waals surface area contributed by atoms with Crippen molar-refractivity contribution in [1.29, 1.82) is 0 Å². The summed E-state index contributed by atoms with van der Waals surface area (Å²) in [7, 11) is 0. The second kappa shape index (κ2) is 5.80. The highest BCUT2D eigenvalue weighted by Gasteiger charge is 2.14. The molecule has 0 aromatic heterocycles. The van der Waals surface area contributed by atoms with Gasteiger partial charge in [0.15, 0.2) is 0 Å². The first-order valence-corrected chi connectivity index (χ1v) is 6.03. The molecule has 0 saturated heterocycles. The zero-order chi connectivity index (χ0) is 13.9. The summed E-state index contributed by atoms with van der Waals surface area (Å²) in [5.41, 5.74) is 2.32. The largest absolute Gasteiger partial charge is 0.421 e. The molecule has 0 aliphatic rings. The van der Waals surface area contributed by atoms with Crippen LogP contribution in [0.4, 0.5) is 4.39 Å². The van der Waals surface area contributed by atoms with E-state index in [0.717, 1.165) is 5.56 Å². The molecule has 0 atom stereocenters. The number of carbonyl (C=O) groups excluding carboxylic acids is 1. The molecule has 0 aliphatic carbocycles. The second-order valence-corrected chi connectivity index (χ2v) is 4.89. The Morgan fingerprint density at radius 3 is 2.17 bits per heavy atom. The van der Waals surface area contributed by atoms with Gasteiger partial charge in [0.1, 0.15) is 5.75 Å². The van der Waals surface area contributed by atoms with Crippen molar-refractivity contribution in [3.8, 4) is 5.75 Å². The minimum Gasteiger partial charge on any atom is -0.421 e. The Kier molecular flexibility index (Phi) is 4.65. The number of rotatable bonds is 4. The van der Waals surface area contributed by atoms with E-state index in [1.807, 2.05) is 6.07 Å². The number of esters is 1. The van der Waals surface area contributed by atoms with E-state index >= 15 is 0 Å². The summed E-state index contributed by atoms with van der Waals surface area (Å²) < 4.78 is 17.5. The van der Waals surface area contributed by atoms with Gasteiger partial charge in [0.25, 0.3) is 0 Å². The van der Waals surface area contributed by atoms with Crippen LogP contribution in [0.15, 0.2) is 30.6 Å². The summed E-state index contributed by atoms with van der Waals surface area (Å²) in [4.78, 5) is 11.1. The van der Waals surface area contributed by atoms with E-state index in [1.54, 1.807) is 12.1 Å². The quantitative estimate of drug-likeness (QED) is 0.452. The number of benzene rings is 1. The zero-order valence-corrected chi connectivity index (χ0v) is 11.3. The van der Waals surface area contributed by atoms with E-state index in [9.17, 15) is 9.18 Å². The minimum atomic E-state index is -1.09. The van der Waals surface area contributed by atoms with Crippen LogP contribution >= 0.6 is 0 Å². The summed E-state index contributed by atoms with van der Waals surface area (Å²) in [5, 5.41) is 0. The number of hydrogen-bond donors (Lipinski definition) is 0. The van der Waals surface area contributed by atoms with Gasteiger partial charge in [-0.1, -0.05) is 40.3 Å². The fourth-order valence-electron chi connectivity index (χ4n) is 1.80. The van der Waals surface area contributed by atoms with Gasteiger partial charge >= 0.3 is 5.97 Å². The highest BCUT2D eigenvalue weighted by Crippen LogP contribution is 2.29. The number of halogens is 1. The molecule has 0 N–H and O–H groups in total. The average molecular weight is 250 g/mol. The van der Waals surface area contributed by atoms with E-state index < -0.39 is 11.8 Å². The molecule has 0 aliphatic heterocycles. The fraction of sp³-hybridized carbons (Fsp3) is 0.400. The van der Waals surface area contributed by atoms with Crippen molar-refractivity contribution < 1.29 is 13.9 Å². The fourth-order valence-corrected chi connectivity index (χ4v) is 1.80. The molecule has 0 saturated carbocycles. The standard InChI is InChI=1S/C15H19FO2/c1-9(2)13-7-6-12(8-14(13)10(3)4)18-15(17)11(5)16/h6-10H,5H2,1-4H3. The van der Waals surface area contributed by atoms with E-state index in [4.69, 9.17) is 4.74 Å². The first kappa shape index (κ1) is 14.4. The molecule has 0 amide bonds. The maximum Gasteiger partial charge on any atom is 0.371 e. The van der Waals surface area contributed by atoms with Crippen LogP contribution in [-0.2, 0) is 4.79 Å². The topological polar surface area (TPSA) is 26.3 Å². The smallest absolute Gasteiger partial charge is 0.371 e. The van der Waals surface area contributed by atoms with Gasteiger partial charge < -0.3 is 4.74 Å². The Morgan fingerprint density at radius 1 is 1.17 bits per heavy atom. The molecule has 0 fully saturated rings. The molecule has 2 nitrogen and oxygen atoms in total. The van der Waals surface area contributed by atoms with Gasteiger partial charge in [-0.25, -0.2) is 4.79 Å². The molecular weight excluding hydrogens is 231 g/mol. The first-order chi connectivity index (χ1) is 8.32. The Balaban J connectivity index is 3.07. The van der Waals surface area contributed by atoms with Crippen LogP contribution in [0, 0.1) is 0 Å². The van der Waals surface area contributed by atoms with Gasteiger partial charge in [-0.2, -0.15) is 4.39 Å². The van der Waals surface area contributed by atoms with Gasteiger partial charge in [-0.15, -0.1) is 0 Å². The van der Waals surface area contributed by atoms with Crippen molar-refractivity contribution >= 4 is 5.97 Å². The van der Waals surface area contributed by atoms with Gasteiger partial charge in [-0.3, -0.25) is 0 Å². The molecule has 0 spiro atoms. The second-order valence-electron chi connectivity index (χ2n) is 4.89. The molecule has 98 valence electrons. The average Bonchev–Trinajstić information content (AvgIpc) is 2.28. The summed E-state index contributed by atoms with van der Waals surface area (Å²) in [6, 6.07) is 5.40. The van der Waals surface area contributed by atoms with Crippen LogP contribution in [0.3, 0.4) is 0 Å². The van der Waals surface area contributed by atoms with Crippen LogP contribution < -0.4 is 4.74 Å². The Labute approximate surface area is 107 Å². The van der Waals surface area contributed by atoms with Crippen LogP contribution in [0.25, 0.3) is 0 Å². The number of hydrogen-bond acceptors (Lipinski definition) is 2. The normalized spacial score (nSPS) is 10.8. The number of carbonyl (C=O) groups is 1. The lowest BCUT2D eigenvalue weighted by molar-refractivity contribution is -0.131. The predicted octanol–water partition coefficient (Wildman–Crippen LogP) is 4.32. The SMILES string of the molecule is C=C(F)C(=O)Oc1ccc(C(C)C)c(C(C)C)c1. The maximum atomic E-state index is 12.6.